The molecule has 1 unspecified atom stereocenters. The molecular weight excluding hydrogens is 268 g/mol. The molecule has 1 rings (SSSR count). The van der Waals surface area contributed by atoms with Gasteiger partial charge in [0, 0.05) is 6.42 Å². The van der Waals surface area contributed by atoms with E-state index in [1.54, 1.807) is 0 Å². The molecule has 1 aliphatic carbocycles. The molecule has 0 aromatic carbocycles. The monoisotopic (exact) mass is 316 g/mol. The Bertz CT molecular complexity index is 157. The molecule has 0 aromatic rings. The lowest BCUT2D eigenvalue weighted by Gasteiger charge is -2.22. The van der Waals surface area contributed by atoms with Gasteiger partial charge >= 0.3 is 0 Å². The number of hydrogen-bond acceptors (Lipinski definition) is 1. The molecule has 0 radical (unpaired) electrons. The predicted molar refractivity (Wildman–Crippen MR) is 106 cm³/mol. The Morgan fingerprint density at radius 3 is 1.41 bits per heavy atom. The number of carbonyl (C=O) groups is 1. The van der Waals surface area contributed by atoms with Crippen molar-refractivity contribution in [1.82, 2.24) is 0 Å². The van der Waals surface area contributed by atoms with Crippen molar-refractivity contribution in [3.05, 3.63) is 0 Å². The lowest BCUT2D eigenvalue weighted by molar-refractivity contribution is -0.107. The first-order valence-electron chi connectivity index (χ1n) is 9.96. The first kappa shape index (κ1) is 29.7. The van der Waals surface area contributed by atoms with Gasteiger partial charge in [-0.3, -0.25) is 0 Å². The summed E-state index contributed by atoms with van der Waals surface area (Å²) in [7, 11) is 0. The number of hydrogen-bond donors (Lipinski definition) is 0. The molecule has 22 heavy (non-hydrogen) atoms. The first-order valence-corrected chi connectivity index (χ1v) is 9.96. The van der Waals surface area contributed by atoms with Gasteiger partial charge in [-0.1, -0.05) is 108 Å². The Kier molecular flexibility index (Phi) is 38.8. The molecule has 138 valence electrons. The predicted octanol–water partition coefficient (Wildman–Crippen LogP) is 7.92. The molecule has 0 bridgehead atoms. The van der Waals surface area contributed by atoms with Gasteiger partial charge in [0.2, 0.25) is 0 Å². The van der Waals surface area contributed by atoms with Crippen LogP contribution in [0.4, 0.5) is 0 Å². The number of aldehydes is 1. The van der Waals surface area contributed by atoms with Gasteiger partial charge in [0.1, 0.15) is 6.29 Å². The second kappa shape index (κ2) is 28.8. The molecule has 1 atom stereocenters. The van der Waals surface area contributed by atoms with Gasteiger partial charge in [-0.25, -0.2) is 0 Å². The summed E-state index contributed by atoms with van der Waals surface area (Å²) < 4.78 is 0. The van der Waals surface area contributed by atoms with Crippen LogP contribution in [0.3, 0.4) is 0 Å². The van der Waals surface area contributed by atoms with Crippen LogP contribution >= 0.6 is 0 Å². The van der Waals surface area contributed by atoms with Crippen molar-refractivity contribution < 1.29 is 4.79 Å². The highest BCUT2D eigenvalue weighted by Crippen LogP contribution is 2.28. The van der Waals surface area contributed by atoms with Crippen molar-refractivity contribution in [1.29, 1.82) is 0 Å². The van der Waals surface area contributed by atoms with Gasteiger partial charge in [0.05, 0.1) is 0 Å². The van der Waals surface area contributed by atoms with E-state index in [0.717, 1.165) is 24.0 Å². The van der Waals surface area contributed by atoms with E-state index in [1.807, 2.05) is 34.6 Å². The molecule has 1 heteroatoms. The molecule has 0 heterocycles. The average Bonchev–Trinajstić information content (AvgIpc) is 2.51. The summed E-state index contributed by atoms with van der Waals surface area (Å²) in [6.45, 7) is 21.3. The van der Waals surface area contributed by atoms with E-state index in [2.05, 4.69) is 34.6 Å². The van der Waals surface area contributed by atoms with Crippen LogP contribution in [0.15, 0.2) is 0 Å². The van der Waals surface area contributed by atoms with Crippen LogP contribution in [-0.2, 0) is 4.79 Å². The van der Waals surface area contributed by atoms with Crippen molar-refractivity contribution >= 4 is 6.29 Å². The third kappa shape index (κ3) is 27.9. The average molecular weight is 317 g/mol. The minimum atomic E-state index is 0.639. The summed E-state index contributed by atoms with van der Waals surface area (Å²) in [5.74, 6) is 2.90. The van der Waals surface area contributed by atoms with Gasteiger partial charge in [0.15, 0.2) is 0 Å². The summed E-state index contributed by atoms with van der Waals surface area (Å²) in [5.41, 5.74) is 0. The Morgan fingerprint density at radius 1 is 0.955 bits per heavy atom. The van der Waals surface area contributed by atoms with Crippen LogP contribution in [-0.4, -0.2) is 6.29 Å². The van der Waals surface area contributed by atoms with Crippen LogP contribution in [0.1, 0.15) is 114 Å². The third-order valence-electron chi connectivity index (χ3n) is 3.85. The Morgan fingerprint density at radius 2 is 1.36 bits per heavy atom. The van der Waals surface area contributed by atoms with Crippen molar-refractivity contribution in [2.75, 3.05) is 0 Å². The van der Waals surface area contributed by atoms with Crippen LogP contribution in [0.5, 0.6) is 0 Å². The Hall–Kier alpha value is -0.330. The molecule has 0 aromatic heterocycles. The molecule has 1 aliphatic rings. The van der Waals surface area contributed by atoms with E-state index < -0.39 is 0 Å². The molecule has 0 saturated heterocycles. The van der Waals surface area contributed by atoms with E-state index in [9.17, 15) is 4.79 Å². The van der Waals surface area contributed by atoms with E-state index in [-0.39, 0.29) is 0 Å². The standard InChI is InChI=1S/C8H18.C6H12.C3H6O.2C2H6/c1-5-6-8(4)7(2)3;1-2-6-4-3-5-6;1-2-3-4;2*1-2/h7-8H,5-6H2,1-4H3;6H,2-5H2,1H3;3H,2H2,1H3;2*1-2H3. The zero-order chi connectivity index (χ0) is 18.4. The van der Waals surface area contributed by atoms with Gasteiger partial charge in [-0.15, -0.1) is 0 Å². The molecule has 0 N–H and O–H groups in total. The van der Waals surface area contributed by atoms with Crippen molar-refractivity contribution in [3.63, 3.8) is 0 Å². The highest BCUT2D eigenvalue weighted by molar-refractivity contribution is 5.48. The van der Waals surface area contributed by atoms with Crippen LogP contribution < -0.4 is 0 Å². The zero-order valence-electron chi connectivity index (χ0n) is 17.7. The van der Waals surface area contributed by atoms with Crippen LogP contribution in [0.25, 0.3) is 0 Å². The SMILES string of the molecule is CC.CC.CCC1CCC1.CCC=O.CCCC(C)C(C)C. The number of rotatable bonds is 5. The van der Waals surface area contributed by atoms with Gasteiger partial charge in [-0.2, -0.15) is 0 Å². The molecular formula is C21H48O. The molecule has 1 saturated carbocycles. The quantitative estimate of drug-likeness (QED) is 0.471. The summed E-state index contributed by atoms with van der Waals surface area (Å²) in [4.78, 5) is 9.17. The molecule has 0 aliphatic heterocycles. The van der Waals surface area contributed by atoms with Gasteiger partial charge in [-0.05, 0) is 17.8 Å². The molecule has 1 nitrogen and oxygen atoms in total. The first-order chi connectivity index (χ1) is 10.5. The maximum absolute atomic E-state index is 9.17. The van der Waals surface area contributed by atoms with Crippen LogP contribution in [0.2, 0.25) is 0 Å². The normalized spacial score (nSPS) is 13.4. The summed E-state index contributed by atoms with van der Waals surface area (Å²) in [5, 5.41) is 0. The third-order valence-corrected chi connectivity index (χ3v) is 3.85. The second-order valence-electron chi connectivity index (χ2n) is 5.79. The van der Waals surface area contributed by atoms with Gasteiger partial charge < -0.3 is 4.79 Å². The maximum Gasteiger partial charge on any atom is 0.119 e. The molecule has 0 amide bonds. The zero-order valence-corrected chi connectivity index (χ0v) is 17.7. The van der Waals surface area contributed by atoms with E-state index in [0.29, 0.717) is 6.42 Å². The smallest absolute Gasteiger partial charge is 0.119 e. The second-order valence-corrected chi connectivity index (χ2v) is 5.79. The van der Waals surface area contributed by atoms with Crippen molar-refractivity contribution in [3.8, 4) is 0 Å². The van der Waals surface area contributed by atoms with Gasteiger partial charge in [0.25, 0.3) is 0 Å². The number of carbonyl (C=O) groups excluding carboxylic acids is 1. The minimum absolute atomic E-state index is 0.639. The summed E-state index contributed by atoms with van der Waals surface area (Å²) in [6.07, 6.45) is 10.2. The Labute approximate surface area is 143 Å². The minimum Gasteiger partial charge on any atom is -0.303 e. The van der Waals surface area contributed by atoms with E-state index in [4.69, 9.17) is 0 Å². The fourth-order valence-corrected chi connectivity index (χ4v) is 1.69. The highest BCUT2D eigenvalue weighted by atomic mass is 16.1. The molecule has 0 spiro atoms. The highest BCUT2D eigenvalue weighted by Gasteiger charge is 2.13. The fraction of sp³-hybridized carbons (Fsp3) is 0.952. The van der Waals surface area contributed by atoms with E-state index in [1.165, 1.54) is 38.5 Å². The summed E-state index contributed by atoms with van der Waals surface area (Å²) in [6, 6.07) is 0. The summed E-state index contributed by atoms with van der Waals surface area (Å²) >= 11 is 0. The lowest BCUT2D eigenvalue weighted by atomic mass is 9.84. The van der Waals surface area contributed by atoms with Crippen molar-refractivity contribution in [2.24, 2.45) is 17.8 Å². The largest absolute Gasteiger partial charge is 0.303 e. The van der Waals surface area contributed by atoms with Crippen molar-refractivity contribution in [2.45, 2.75) is 114 Å². The van der Waals surface area contributed by atoms with E-state index >= 15 is 0 Å². The molecule has 1 fully saturated rings. The maximum atomic E-state index is 9.17. The Balaban J connectivity index is -0.000000103. The fourth-order valence-electron chi connectivity index (χ4n) is 1.69. The lowest BCUT2D eigenvalue weighted by Crippen LogP contribution is -2.08. The van der Waals surface area contributed by atoms with Crippen LogP contribution in [0, 0.1) is 17.8 Å². The topological polar surface area (TPSA) is 17.1 Å².